The molecule has 136 valence electrons. The van der Waals surface area contributed by atoms with Crippen molar-refractivity contribution in [3.05, 3.63) is 24.2 Å². The molecule has 1 heterocycles. The van der Waals surface area contributed by atoms with E-state index < -0.39 is 5.91 Å². The monoisotopic (exact) mass is 347 g/mol. The number of carbonyl (C=O) groups excluding carboxylic acids is 2. The minimum absolute atomic E-state index is 0.0141. The van der Waals surface area contributed by atoms with Gasteiger partial charge in [-0.1, -0.05) is 26.2 Å². The second-order valence-corrected chi connectivity index (χ2v) is 6.08. The lowest BCUT2D eigenvalue weighted by atomic mass is 9.95. The number of hydrogen-bond acceptors (Lipinski definition) is 6. The molecule has 1 aliphatic carbocycles. The summed E-state index contributed by atoms with van der Waals surface area (Å²) in [5.41, 5.74) is 1.96. The van der Waals surface area contributed by atoms with Crippen LogP contribution in [0.25, 0.3) is 6.08 Å². The average molecular weight is 347 g/mol. The Labute approximate surface area is 147 Å². The van der Waals surface area contributed by atoms with Gasteiger partial charge >= 0.3 is 0 Å². The highest BCUT2D eigenvalue weighted by Gasteiger charge is 2.21. The van der Waals surface area contributed by atoms with Crippen LogP contribution in [-0.4, -0.2) is 39.1 Å². The molecule has 1 aromatic heterocycles. The van der Waals surface area contributed by atoms with Crippen LogP contribution >= 0.6 is 0 Å². The van der Waals surface area contributed by atoms with E-state index in [1.54, 1.807) is 0 Å². The molecule has 1 aromatic rings. The minimum atomic E-state index is -0.644. The summed E-state index contributed by atoms with van der Waals surface area (Å²) >= 11 is 0. The predicted octanol–water partition coefficient (Wildman–Crippen LogP) is 1.63. The van der Waals surface area contributed by atoms with Crippen molar-refractivity contribution in [3.63, 3.8) is 0 Å². The number of hydrogen-bond donors (Lipinski definition) is 4. The zero-order valence-corrected chi connectivity index (χ0v) is 14.4. The van der Waals surface area contributed by atoms with Crippen LogP contribution < -0.4 is 16.1 Å². The van der Waals surface area contributed by atoms with E-state index in [1.807, 2.05) is 6.92 Å². The van der Waals surface area contributed by atoms with E-state index in [2.05, 4.69) is 20.6 Å². The van der Waals surface area contributed by atoms with E-state index in [1.165, 1.54) is 43.2 Å². The number of carbonyl (C=O) groups is 2. The lowest BCUT2D eigenvalue weighted by Gasteiger charge is -2.25. The molecule has 8 heteroatoms. The highest BCUT2D eigenvalue weighted by molar-refractivity contribution is 5.90. The number of hydroxylamine groups is 1. The fourth-order valence-electron chi connectivity index (χ4n) is 2.78. The van der Waals surface area contributed by atoms with Gasteiger partial charge in [-0.15, -0.1) is 0 Å². The van der Waals surface area contributed by atoms with E-state index >= 15 is 0 Å². The van der Waals surface area contributed by atoms with Crippen LogP contribution in [0.1, 0.15) is 51.1 Å². The van der Waals surface area contributed by atoms with Crippen molar-refractivity contribution in [2.45, 2.75) is 57.5 Å². The van der Waals surface area contributed by atoms with Gasteiger partial charge in [0, 0.05) is 12.1 Å². The van der Waals surface area contributed by atoms with Gasteiger partial charge < -0.3 is 10.6 Å². The van der Waals surface area contributed by atoms with Gasteiger partial charge in [0.25, 0.3) is 5.91 Å². The average Bonchev–Trinajstić information content (AvgIpc) is 2.65. The fourth-order valence-corrected chi connectivity index (χ4v) is 2.78. The zero-order valence-electron chi connectivity index (χ0n) is 14.4. The molecular formula is C17H25N5O3. The van der Waals surface area contributed by atoms with Crippen molar-refractivity contribution in [2.24, 2.45) is 0 Å². The summed E-state index contributed by atoms with van der Waals surface area (Å²) in [7, 11) is 0. The summed E-state index contributed by atoms with van der Waals surface area (Å²) in [6.07, 6.45) is 11.9. The fraction of sp³-hybridized carbons (Fsp3) is 0.529. The standard InChI is InChI=1S/C17H25N5O3/c1-2-14(17(24)20-12-6-4-3-5-7-12)21-15-11-18-13(10-19-15)8-9-16(23)22-25/h8-12,14,25H,2-7H2,1H3,(H,19,21)(H,20,24)(H,22,23)/b9-8+/t14-/m1/s1. The van der Waals surface area contributed by atoms with E-state index in [0.717, 1.165) is 18.9 Å². The molecule has 0 aromatic carbocycles. The maximum Gasteiger partial charge on any atom is 0.267 e. The molecule has 2 amide bonds. The largest absolute Gasteiger partial charge is 0.357 e. The quantitative estimate of drug-likeness (QED) is 0.338. The zero-order chi connectivity index (χ0) is 18.1. The molecule has 0 bridgehead atoms. The highest BCUT2D eigenvalue weighted by atomic mass is 16.5. The molecule has 1 aliphatic rings. The van der Waals surface area contributed by atoms with Crippen LogP contribution in [-0.2, 0) is 9.59 Å². The first kappa shape index (κ1) is 18.9. The number of rotatable bonds is 7. The van der Waals surface area contributed by atoms with Crippen LogP contribution in [0.15, 0.2) is 18.5 Å². The summed E-state index contributed by atoms with van der Waals surface area (Å²) in [5, 5.41) is 14.6. The van der Waals surface area contributed by atoms with Gasteiger partial charge in [-0.3, -0.25) is 19.8 Å². The van der Waals surface area contributed by atoms with E-state index in [-0.39, 0.29) is 18.0 Å². The van der Waals surface area contributed by atoms with E-state index in [0.29, 0.717) is 17.9 Å². The van der Waals surface area contributed by atoms with Crippen LogP contribution in [0, 0.1) is 0 Å². The Balaban J connectivity index is 1.90. The molecule has 8 nitrogen and oxygen atoms in total. The molecule has 25 heavy (non-hydrogen) atoms. The molecule has 1 fully saturated rings. The van der Waals surface area contributed by atoms with Gasteiger partial charge in [-0.05, 0) is 25.3 Å². The maximum atomic E-state index is 12.4. The van der Waals surface area contributed by atoms with Crippen LogP contribution in [0.4, 0.5) is 5.82 Å². The SMILES string of the molecule is CC[C@@H](Nc1cnc(/C=C/C(=O)NO)cn1)C(=O)NC1CCCCC1. The van der Waals surface area contributed by atoms with E-state index in [4.69, 9.17) is 5.21 Å². The summed E-state index contributed by atoms with van der Waals surface area (Å²) in [6, 6.07) is -0.0915. The molecule has 0 unspecified atom stereocenters. The van der Waals surface area contributed by atoms with Crippen molar-refractivity contribution in [1.29, 1.82) is 0 Å². The lowest BCUT2D eigenvalue weighted by molar-refractivity contribution is -0.124. The van der Waals surface area contributed by atoms with E-state index in [9.17, 15) is 9.59 Å². The van der Waals surface area contributed by atoms with Crippen molar-refractivity contribution < 1.29 is 14.8 Å². The Morgan fingerprint density at radius 1 is 1.28 bits per heavy atom. The first-order valence-electron chi connectivity index (χ1n) is 8.63. The molecule has 0 aliphatic heterocycles. The van der Waals surface area contributed by atoms with Crippen LogP contribution in [0.2, 0.25) is 0 Å². The summed E-state index contributed by atoms with van der Waals surface area (Å²) in [5.74, 6) is -0.163. The third-order valence-electron chi connectivity index (χ3n) is 4.19. The Bertz CT molecular complexity index is 597. The summed E-state index contributed by atoms with van der Waals surface area (Å²) in [6.45, 7) is 1.94. The van der Waals surface area contributed by atoms with Gasteiger partial charge in [0.15, 0.2) is 0 Å². The molecule has 0 radical (unpaired) electrons. The summed E-state index contributed by atoms with van der Waals surface area (Å²) < 4.78 is 0. The number of anilines is 1. The van der Waals surface area contributed by atoms with Crippen LogP contribution in [0.3, 0.4) is 0 Å². The molecule has 1 atom stereocenters. The smallest absolute Gasteiger partial charge is 0.267 e. The molecule has 0 spiro atoms. The number of nitrogens with zero attached hydrogens (tertiary/aromatic N) is 2. The van der Waals surface area contributed by atoms with Gasteiger partial charge in [0.05, 0.1) is 18.1 Å². The Morgan fingerprint density at radius 3 is 2.64 bits per heavy atom. The predicted molar refractivity (Wildman–Crippen MR) is 93.7 cm³/mol. The highest BCUT2D eigenvalue weighted by Crippen LogP contribution is 2.17. The molecular weight excluding hydrogens is 322 g/mol. The van der Waals surface area contributed by atoms with Crippen molar-refractivity contribution >= 4 is 23.7 Å². The Kier molecular flexibility index (Phi) is 7.34. The second kappa shape index (κ2) is 9.73. The van der Waals surface area contributed by atoms with Crippen molar-refractivity contribution in [1.82, 2.24) is 20.8 Å². The Morgan fingerprint density at radius 2 is 2.04 bits per heavy atom. The third-order valence-corrected chi connectivity index (χ3v) is 4.19. The normalized spacial score (nSPS) is 16.4. The lowest BCUT2D eigenvalue weighted by Crippen LogP contribution is -2.45. The molecule has 1 saturated carbocycles. The van der Waals surface area contributed by atoms with Crippen LogP contribution in [0.5, 0.6) is 0 Å². The van der Waals surface area contributed by atoms with Crippen molar-refractivity contribution in [3.8, 4) is 0 Å². The summed E-state index contributed by atoms with van der Waals surface area (Å²) in [4.78, 5) is 31.7. The first-order valence-corrected chi connectivity index (χ1v) is 8.63. The van der Waals surface area contributed by atoms with Crippen molar-refractivity contribution in [2.75, 3.05) is 5.32 Å². The number of nitrogens with one attached hydrogen (secondary N) is 3. The Hall–Kier alpha value is -2.48. The third kappa shape index (κ3) is 6.15. The molecule has 4 N–H and O–H groups in total. The number of aromatic nitrogens is 2. The van der Waals surface area contributed by atoms with Gasteiger partial charge in [0.1, 0.15) is 11.9 Å². The topological polar surface area (TPSA) is 116 Å². The molecule has 2 rings (SSSR count). The number of amides is 2. The molecule has 0 saturated heterocycles. The minimum Gasteiger partial charge on any atom is -0.357 e. The van der Waals surface area contributed by atoms with Gasteiger partial charge in [-0.25, -0.2) is 10.5 Å². The van der Waals surface area contributed by atoms with Gasteiger partial charge in [0.2, 0.25) is 5.91 Å². The first-order chi connectivity index (χ1) is 12.1. The van der Waals surface area contributed by atoms with Gasteiger partial charge in [-0.2, -0.15) is 0 Å². The second-order valence-electron chi connectivity index (χ2n) is 6.08. The maximum absolute atomic E-state index is 12.4.